The Labute approximate surface area is 186 Å². The molecule has 0 saturated carbocycles. The number of amides is 2. The number of ether oxygens (including phenoxy) is 1. The van der Waals surface area contributed by atoms with Gasteiger partial charge < -0.3 is 9.64 Å². The lowest BCUT2D eigenvalue weighted by atomic mass is 10.0. The summed E-state index contributed by atoms with van der Waals surface area (Å²) >= 11 is 0. The molecule has 0 spiro atoms. The molecular formula is C26H23FN2O3. The van der Waals surface area contributed by atoms with Crippen LogP contribution in [0.5, 0.6) is 5.75 Å². The summed E-state index contributed by atoms with van der Waals surface area (Å²) < 4.78 is 19.1. The van der Waals surface area contributed by atoms with E-state index in [0.717, 1.165) is 16.2 Å². The number of methoxy groups -OCH3 is 1. The van der Waals surface area contributed by atoms with Crippen LogP contribution < -0.4 is 14.5 Å². The van der Waals surface area contributed by atoms with Crippen molar-refractivity contribution in [2.24, 2.45) is 0 Å². The molecule has 4 rings (SSSR count). The number of hydrogen-bond acceptors (Lipinski definition) is 4. The zero-order valence-corrected chi connectivity index (χ0v) is 18.1. The molecule has 32 heavy (non-hydrogen) atoms. The minimum absolute atomic E-state index is 0.226. The second kappa shape index (κ2) is 8.67. The number of nitrogens with zero attached hydrogens (tertiary/aromatic N) is 2. The number of hydrogen-bond donors (Lipinski definition) is 0. The summed E-state index contributed by atoms with van der Waals surface area (Å²) in [7, 11) is 1.50. The monoisotopic (exact) mass is 430 g/mol. The van der Waals surface area contributed by atoms with Crippen molar-refractivity contribution in [3.63, 3.8) is 0 Å². The van der Waals surface area contributed by atoms with Gasteiger partial charge in [-0.05, 0) is 61.4 Å². The Balaban J connectivity index is 1.93. The summed E-state index contributed by atoms with van der Waals surface area (Å²) in [5.74, 6) is -0.932. The Morgan fingerprint density at radius 3 is 2.25 bits per heavy atom. The number of likely N-dealkylation sites (N-methyl/N-ethyl adjacent to an activating group) is 1. The summed E-state index contributed by atoms with van der Waals surface area (Å²) in [6, 6.07) is 20.3. The van der Waals surface area contributed by atoms with Crippen LogP contribution in [0.3, 0.4) is 0 Å². The normalized spacial score (nSPS) is 13.7. The van der Waals surface area contributed by atoms with Crippen molar-refractivity contribution in [1.29, 1.82) is 0 Å². The van der Waals surface area contributed by atoms with Crippen molar-refractivity contribution in [3.8, 4) is 5.75 Å². The lowest BCUT2D eigenvalue weighted by molar-refractivity contribution is -0.120. The first-order chi connectivity index (χ1) is 15.5. The van der Waals surface area contributed by atoms with E-state index in [9.17, 15) is 14.0 Å². The molecule has 6 heteroatoms. The van der Waals surface area contributed by atoms with Crippen LogP contribution in [-0.2, 0) is 9.59 Å². The van der Waals surface area contributed by atoms with E-state index in [1.807, 2.05) is 50.2 Å². The van der Waals surface area contributed by atoms with E-state index in [1.54, 1.807) is 17.0 Å². The summed E-state index contributed by atoms with van der Waals surface area (Å²) in [4.78, 5) is 30.5. The third-order valence-corrected chi connectivity index (χ3v) is 5.42. The van der Waals surface area contributed by atoms with Gasteiger partial charge in [0.15, 0.2) is 0 Å². The van der Waals surface area contributed by atoms with E-state index in [-0.39, 0.29) is 11.3 Å². The lowest BCUT2D eigenvalue weighted by Gasteiger charge is -2.25. The first kappa shape index (κ1) is 21.3. The molecule has 3 aromatic carbocycles. The molecule has 0 unspecified atom stereocenters. The number of benzene rings is 3. The first-order valence-electron chi connectivity index (χ1n) is 10.3. The third kappa shape index (κ3) is 3.64. The average Bonchev–Trinajstić information content (AvgIpc) is 3.05. The Morgan fingerprint density at radius 1 is 0.938 bits per heavy atom. The predicted molar refractivity (Wildman–Crippen MR) is 123 cm³/mol. The molecule has 0 aromatic heterocycles. The minimum atomic E-state index is -0.477. The van der Waals surface area contributed by atoms with Gasteiger partial charge in [0.2, 0.25) is 0 Å². The molecule has 1 aliphatic heterocycles. The topological polar surface area (TPSA) is 49.9 Å². The first-order valence-corrected chi connectivity index (χ1v) is 10.3. The minimum Gasteiger partial charge on any atom is -0.495 e. The van der Waals surface area contributed by atoms with E-state index in [0.29, 0.717) is 23.5 Å². The Kier molecular flexibility index (Phi) is 5.77. The molecule has 0 fully saturated rings. The summed E-state index contributed by atoms with van der Waals surface area (Å²) in [6.07, 6.45) is 0. The zero-order valence-electron chi connectivity index (χ0n) is 18.1. The average molecular weight is 430 g/mol. The number of aryl methyl sites for hydroxylation is 1. The van der Waals surface area contributed by atoms with Gasteiger partial charge in [-0.2, -0.15) is 0 Å². The quantitative estimate of drug-likeness (QED) is 0.519. The Morgan fingerprint density at radius 2 is 1.62 bits per heavy atom. The molecule has 5 nitrogen and oxygen atoms in total. The van der Waals surface area contributed by atoms with Gasteiger partial charge in [0.05, 0.1) is 18.4 Å². The fourth-order valence-electron chi connectivity index (χ4n) is 3.92. The third-order valence-electron chi connectivity index (χ3n) is 5.42. The standard InChI is InChI=1S/C26H23FN2O3/c1-4-28(20-8-6-5-7-9-20)24-23(18-11-13-19(27)14-12-18)25(30)29(26(24)31)21-16-17(2)10-15-22(21)32-3/h5-16H,4H2,1-3H3. The smallest absolute Gasteiger partial charge is 0.282 e. The highest BCUT2D eigenvalue weighted by Crippen LogP contribution is 2.40. The van der Waals surface area contributed by atoms with Crippen molar-refractivity contribution in [2.45, 2.75) is 13.8 Å². The molecule has 0 atom stereocenters. The lowest BCUT2D eigenvalue weighted by Crippen LogP contribution is -2.35. The number of imide groups is 1. The molecule has 3 aromatic rings. The molecular weight excluding hydrogens is 407 g/mol. The van der Waals surface area contributed by atoms with Crippen molar-refractivity contribution < 1.29 is 18.7 Å². The van der Waals surface area contributed by atoms with Gasteiger partial charge in [0.25, 0.3) is 11.8 Å². The van der Waals surface area contributed by atoms with E-state index >= 15 is 0 Å². The number of halogens is 1. The maximum absolute atomic E-state index is 13.8. The van der Waals surface area contributed by atoms with Crippen LogP contribution in [0.2, 0.25) is 0 Å². The van der Waals surface area contributed by atoms with E-state index < -0.39 is 17.6 Å². The van der Waals surface area contributed by atoms with E-state index in [2.05, 4.69) is 0 Å². The van der Waals surface area contributed by atoms with Crippen LogP contribution in [0.25, 0.3) is 5.57 Å². The predicted octanol–water partition coefficient (Wildman–Crippen LogP) is 4.95. The second-order valence-electron chi connectivity index (χ2n) is 7.43. The number of rotatable bonds is 6. The maximum atomic E-state index is 13.8. The number of anilines is 2. The van der Waals surface area contributed by atoms with E-state index in [4.69, 9.17) is 4.74 Å². The summed E-state index contributed by atoms with van der Waals surface area (Å²) in [5.41, 5.74) is 2.99. The zero-order chi connectivity index (χ0) is 22.8. The fourth-order valence-corrected chi connectivity index (χ4v) is 3.92. The van der Waals surface area contributed by atoms with E-state index in [1.165, 1.54) is 31.4 Å². The van der Waals surface area contributed by atoms with Crippen molar-refractivity contribution in [3.05, 3.63) is 95.4 Å². The van der Waals surface area contributed by atoms with Crippen LogP contribution in [0, 0.1) is 12.7 Å². The van der Waals surface area contributed by atoms with Crippen molar-refractivity contribution in [2.75, 3.05) is 23.5 Å². The SMILES string of the molecule is CCN(C1=C(c2ccc(F)cc2)C(=O)N(c2cc(C)ccc2OC)C1=O)c1ccccc1. The summed E-state index contributed by atoms with van der Waals surface area (Å²) in [6.45, 7) is 4.25. The molecule has 0 radical (unpaired) electrons. The molecule has 2 amide bonds. The molecule has 0 bridgehead atoms. The van der Waals surface area contributed by atoms with Crippen LogP contribution in [0.15, 0.2) is 78.5 Å². The van der Waals surface area contributed by atoms with Crippen molar-refractivity contribution >= 4 is 28.8 Å². The Bertz CT molecular complexity index is 1200. The van der Waals surface area contributed by atoms with Gasteiger partial charge in [0.1, 0.15) is 17.3 Å². The molecule has 0 aliphatic carbocycles. The summed E-state index contributed by atoms with van der Waals surface area (Å²) in [5, 5.41) is 0. The molecule has 0 N–H and O–H groups in total. The van der Waals surface area contributed by atoms with Gasteiger partial charge in [0, 0.05) is 12.2 Å². The largest absolute Gasteiger partial charge is 0.495 e. The fraction of sp³-hybridized carbons (Fsp3) is 0.154. The van der Waals surface area contributed by atoms with Gasteiger partial charge in [-0.15, -0.1) is 0 Å². The molecule has 1 aliphatic rings. The maximum Gasteiger partial charge on any atom is 0.282 e. The number of carbonyl (C=O) groups is 2. The second-order valence-corrected chi connectivity index (χ2v) is 7.43. The van der Waals surface area contributed by atoms with Gasteiger partial charge in [-0.1, -0.05) is 36.4 Å². The molecule has 0 saturated heterocycles. The van der Waals surface area contributed by atoms with Gasteiger partial charge in [-0.25, -0.2) is 9.29 Å². The molecule has 1 heterocycles. The van der Waals surface area contributed by atoms with Crippen LogP contribution >= 0.6 is 0 Å². The highest BCUT2D eigenvalue weighted by atomic mass is 19.1. The number of para-hydroxylation sites is 1. The van der Waals surface area contributed by atoms with Crippen LogP contribution in [-0.4, -0.2) is 25.5 Å². The molecule has 162 valence electrons. The highest BCUT2D eigenvalue weighted by molar-refractivity contribution is 6.46. The van der Waals surface area contributed by atoms with Crippen LogP contribution in [0.4, 0.5) is 15.8 Å². The highest BCUT2D eigenvalue weighted by Gasteiger charge is 2.43. The van der Waals surface area contributed by atoms with Crippen molar-refractivity contribution in [1.82, 2.24) is 0 Å². The van der Waals surface area contributed by atoms with Crippen LogP contribution in [0.1, 0.15) is 18.1 Å². The van der Waals surface area contributed by atoms with Gasteiger partial charge in [-0.3, -0.25) is 9.59 Å². The number of carbonyl (C=O) groups excluding carboxylic acids is 2. The Hall–Kier alpha value is -3.93. The van der Waals surface area contributed by atoms with Gasteiger partial charge >= 0.3 is 0 Å².